The topological polar surface area (TPSA) is 68.3 Å². The Hall–Kier alpha value is -2.81. The lowest BCUT2D eigenvalue weighted by Gasteiger charge is -2.11. The molecule has 0 aromatic heterocycles. The van der Waals surface area contributed by atoms with Crippen molar-refractivity contribution in [3.05, 3.63) is 47.5 Å². The summed E-state index contributed by atoms with van der Waals surface area (Å²) < 4.78 is 37.0. The van der Waals surface area contributed by atoms with Gasteiger partial charge in [0, 0.05) is 6.07 Å². The van der Waals surface area contributed by atoms with E-state index in [1.807, 2.05) is 6.07 Å². The number of hydrogen-bond acceptors (Lipinski definition) is 4. The predicted molar refractivity (Wildman–Crippen MR) is 68.6 cm³/mol. The van der Waals surface area contributed by atoms with Gasteiger partial charge in [-0.05, 0) is 24.3 Å². The molecule has 2 N–H and O–H groups in total. The van der Waals surface area contributed by atoms with E-state index >= 15 is 0 Å². The van der Waals surface area contributed by atoms with Gasteiger partial charge in [-0.3, -0.25) is 0 Å². The minimum absolute atomic E-state index is 0.0507. The Kier molecular flexibility index (Phi) is 3.71. The van der Waals surface area contributed by atoms with Crippen LogP contribution in [0.3, 0.4) is 0 Å². The van der Waals surface area contributed by atoms with Gasteiger partial charge in [-0.1, -0.05) is 0 Å². The van der Waals surface area contributed by atoms with E-state index in [1.54, 1.807) is 0 Å². The molecule has 0 aliphatic rings. The number of nitrogens with zero attached hydrogens (tertiary/aromatic N) is 1. The molecule has 0 saturated heterocycles. The van der Waals surface area contributed by atoms with Gasteiger partial charge in [0.05, 0.1) is 24.4 Å². The zero-order valence-corrected chi connectivity index (χ0v) is 10.5. The molecule has 2 aromatic rings. The van der Waals surface area contributed by atoms with E-state index in [0.717, 1.165) is 6.07 Å². The lowest BCUT2D eigenvalue weighted by molar-refractivity contribution is 0.400. The van der Waals surface area contributed by atoms with Gasteiger partial charge in [0.2, 0.25) is 5.82 Å². The highest BCUT2D eigenvalue weighted by Crippen LogP contribution is 2.33. The van der Waals surface area contributed by atoms with E-state index < -0.39 is 17.4 Å². The molecule has 0 fully saturated rings. The molecule has 4 nitrogen and oxygen atoms in total. The van der Waals surface area contributed by atoms with Crippen molar-refractivity contribution in [3.8, 4) is 23.3 Å². The van der Waals surface area contributed by atoms with Crippen LogP contribution in [0.5, 0.6) is 17.2 Å². The van der Waals surface area contributed by atoms with E-state index in [1.165, 1.54) is 31.4 Å². The first-order valence-electron chi connectivity index (χ1n) is 5.55. The maximum Gasteiger partial charge on any atom is 0.203 e. The first kappa shape index (κ1) is 13.6. The minimum Gasteiger partial charge on any atom is -0.497 e. The van der Waals surface area contributed by atoms with Gasteiger partial charge in [-0.15, -0.1) is 0 Å². The van der Waals surface area contributed by atoms with Crippen molar-refractivity contribution in [2.45, 2.75) is 0 Å². The molecule has 0 bridgehead atoms. The third kappa shape index (κ3) is 2.62. The molecule has 0 saturated carbocycles. The van der Waals surface area contributed by atoms with E-state index in [2.05, 4.69) is 0 Å². The second kappa shape index (κ2) is 5.45. The molecule has 0 spiro atoms. The van der Waals surface area contributed by atoms with Crippen LogP contribution in [-0.2, 0) is 0 Å². The van der Waals surface area contributed by atoms with Gasteiger partial charge in [-0.25, -0.2) is 4.39 Å². The van der Waals surface area contributed by atoms with E-state index in [-0.39, 0.29) is 17.0 Å². The number of anilines is 1. The first-order chi connectivity index (χ1) is 9.55. The van der Waals surface area contributed by atoms with Gasteiger partial charge in [0.1, 0.15) is 11.5 Å². The lowest BCUT2D eigenvalue weighted by Crippen LogP contribution is -1.98. The maximum atomic E-state index is 13.6. The summed E-state index contributed by atoms with van der Waals surface area (Å²) in [4.78, 5) is 0. The summed E-state index contributed by atoms with van der Waals surface area (Å²) in [6.07, 6.45) is 0. The predicted octanol–water partition coefficient (Wildman–Crippen LogP) is 3.22. The molecule has 0 heterocycles. The molecule has 20 heavy (non-hydrogen) atoms. The van der Waals surface area contributed by atoms with Crippen LogP contribution in [0.2, 0.25) is 0 Å². The average Bonchev–Trinajstić information content (AvgIpc) is 2.47. The van der Waals surface area contributed by atoms with E-state index in [4.69, 9.17) is 20.5 Å². The Morgan fingerprint density at radius 2 is 1.85 bits per heavy atom. The summed E-state index contributed by atoms with van der Waals surface area (Å²) in [7, 11) is 1.41. The van der Waals surface area contributed by atoms with Crippen molar-refractivity contribution >= 4 is 5.69 Å². The normalized spacial score (nSPS) is 9.90. The summed E-state index contributed by atoms with van der Waals surface area (Å²) in [6.45, 7) is 0. The molecular weight excluding hydrogens is 266 g/mol. The Morgan fingerprint density at radius 3 is 2.50 bits per heavy atom. The summed E-state index contributed by atoms with van der Waals surface area (Å²) in [6, 6.07) is 8.30. The highest BCUT2D eigenvalue weighted by Gasteiger charge is 2.15. The molecule has 0 amide bonds. The summed E-state index contributed by atoms with van der Waals surface area (Å²) in [5, 5.41) is 8.88. The zero-order valence-electron chi connectivity index (χ0n) is 10.5. The van der Waals surface area contributed by atoms with Crippen molar-refractivity contribution in [2.24, 2.45) is 0 Å². The van der Waals surface area contributed by atoms with Gasteiger partial charge in [0.15, 0.2) is 11.6 Å². The van der Waals surface area contributed by atoms with Crippen molar-refractivity contribution in [3.63, 3.8) is 0 Å². The first-order valence-corrected chi connectivity index (χ1v) is 5.55. The van der Waals surface area contributed by atoms with Crippen molar-refractivity contribution < 1.29 is 18.3 Å². The largest absolute Gasteiger partial charge is 0.497 e. The standard InChI is InChI=1S/C14H10F2N2O2/c1-19-9-4-8(7-17)5-10(6-9)20-14-12(18)3-2-11(15)13(14)16/h2-6H,18H2,1H3. The number of benzene rings is 2. The van der Waals surface area contributed by atoms with Crippen LogP contribution in [0.1, 0.15) is 5.56 Å². The molecule has 0 aliphatic heterocycles. The van der Waals surface area contributed by atoms with Gasteiger partial charge < -0.3 is 15.2 Å². The van der Waals surface area contributed by atoms with Gasteiger partial charge in [-0.2, -0.15) is 9.65 Å². The Bertz CT molecular complexity index is 696. The van der Waals surface area contributed by atoms with Crippen LogP contribution >= 0.6 is 0 Å². The summed E-state index contributed by atoms with van der Waals surface area (Å²) in [5.41, 5.74) is 5.76. The van der Waals surface area contributed by atoms with E-state index in [0.29, 0.717) is 5.75 Å². The maximum absolute atomic E-state index is 13.6. The number of rotatable bonds is 3. The second-order valence-electron chi connectivity index (χ2n) is 3.89. The van der Waals surface area contributed by atoms with Crippen LogP contribution in [0.4, 0.5) is 14.5 Å². The molecule has 0 atom stereocenters. The summed E-state index contributed by atoms with van der Waals surface area (Å²) in [5.74, 6) is -2.21. The molecule has 0 aliphatic carbocycles. The lowest BCUT2D eigenvalue weighted by atomic mass is 10.2. The number of nitrogens with two attached hydrogens (primary N) is 1. The SMILES string of the molecule is COc1cc(C#N)cc(Oc2c(N)ccc(F)c2F)c1. The number of hydrogen-bond donors (Lipinski definition) is 1. The molecule has 0 unspecified atom stereocenters. The summed E-state index contributed by atoms with van der Waals surface area (Å²) >= 11 is 0. The average molecular weight is 276 g/mol. The fourth-order valence-corrected chi connectivity index (χ4v) is 1.58. The highest BCUT2D eigenvalue weighted by molar-refractivity contribution is 5.56. The van der Waals surface area contributed by atoms with Crippen LogP contribution < -0.4 is 15.2 Å². The van der Waals surface area contributed by atoms with E-state index in [9.17, 15) is 8.78 Å². The number of methoxy groups -OCH3 is 1. The molecule has 2 rings (SSSR count). The molecule has 0 radical (unpaired) electrons. The fourth-order valence-electron chi connectivity index (χ4n) is 1.58. The number of ether oxygens (including phenoxy) is 2. The van der Waals surface area contributed by atoms with Crippen LogP contribution in [0.25, 0.3) is 0 Å². The molecule has 6 heteroatoms. The second-order valence-corrected chi connectivity index (χ2v) is 3.89. The zero-order chi connectivity index (χ0) is 14.7. The number of nitrogen functional groups attached to an aromatic ring is 1. The Balaban J connectivity index is 2.45. The Morgan fingerprint density at radius 1 is 1.15 bits per heavy atom. The smallest absolute Gasteiger partial charge is 0.203 e. The van der Waals surface area contributed by atoms with Crippen LogP contribution in [-0.4, -0.2) is 7.11 Å². The third-order valence-corrected chi connectivity index (χ3v) is 2.55. The van der Waals surface area contributed by atoms with Gasteiger partial charge in [0.25, 0.3) is 0 Å². The molecule has 2 aromatic carbocycles. The third-order valence-electron chi connectivity index (χ3n) is 2.55. The number of halogens is 2. The molecule has 102 valence electrons. The van der Waals surface area contributed by atoms with Crippen LogP contribution in [0, 0.1) is 23.0 Å². The highest BCUT2D eigenvalue weighted by atomic mass is 19.2. The van der Waals surface area contributed by atoms with Crippen LogP contribution in [0.15, 0.2) is 30.3 Å². The van der Waals surface area contributed by atoms with Crippen molar-refractivity contribution in [2.75, 3.05) is 12.8 Å². The monoisotopic (exact) mass is 276 g/mol. The fraction of sp³-hybridized carbons (Fsp3) is 0.0714. The van der Waals surface area contributed by atoms with Gasteiger partial charge >= 0.3 is 0 Å². The number of nitriles is 1. The quantitative estimate of drug-likeness (QED) is 0.874. The minimum atomic E-state index is -1.19. The Labute approximate surface area is 114 Å². The van der Waals surface area contributed by atoms with Crippen molar-refractivity contribution in [1.82, 2.24) is 0 Å². The van der Waals surface area contributed by atoms with Crippen molar-refractivity contribution in [1.29, 1.82) is 5.26 Å². The molecular formula is C14H10F2N2O2.